The lowest BCUT2D eigenvalue weighted by atomic mass is 10.1. The van der Waals surface area contributed by atoms with E-state index in [0.717, 1.165) is 6.42 Å². The molecule has 1 aliphatic rings. The van der Waals surface area contributed by atoms with E-state index in [2.05, 4.69) is 9.71 Å². The number of H-pyrrole nitrogens is 1. The Morgan fingerprint density at radius 1 is 1.28 bits per heavy atom. The van der Waals surface area contributed by atoms with Gasteiger partial charge in [-0.25, -0.2) is 13.1 Å². The Hall–Kier alpha value is -2.19. The molecule has 1 aliphatic heterocycles. The summed E-state index contributed by atoms with van der Waals surface area (Å²) >= 11 is 0. The number of hydrogen-bond acceptors (Lipinski definition) is 4. The lowest BCUT2D eigenvalue weighted by molar-refractivity contribution is -0.127. The highest BCUT2D eigenvalue weighted by Crippen LogP contribution is 2.21. The third-order valence-electron chi connectivity index (χ3n) is 4.36. The van der Waals surface area contributed by atoms with Gasteiger partial charge in [0.1, 0.15) is 0 Å². The highest BCUT2D eigenvalue weighted by molar-refractivity contribution is 7.89. The van der Waals surface area contributed by atoms with Crippen molar-refractivity contribution in [2.45, 2.75) is 37.6 Å². The molecule has 0 saturated carbocycles. The van der Waals surface area contributed by atoms with E-state index in [-0.39, 0.29) is 22.8 Å². The minimum Gasteiger partial charge on any atom is -0.341 e. The van der Waals surface area contributed by atoms with E-state index in [9.17, 15) is 18.0 Å². The van der Waals surface area contributed by atoms with Crippen molar-refractivity contribution >= 4 is 26.8 Å². The number of carbonyl (C=O) groups is 1. The summed E-state index contributed by atoms with van der Waals surface area (Å²) in [5.74, 6) is -0.0264. The highest BCUT2D eigenvalue weighted by atomic mass is 32.2. The Balaban J connectivity index is 1.87. The van der Waals surface area contributed by atoms with Crippen molar-refractivity contribution in [2.75, 3.05) is 13.1 Å². The van der Waals surface area contributed by atoms with Crippen molar-refractivity contribution in [3.8, 4) is 0 Å². The van der Waals surface area contributed by atoms with Gasteiger partial charge < -0.3 is 9.88 Å². The zero-order valence-corrected chi connectivity index (χ0v) is 15.0. The number of pyridine rings is 1. The molecule has 25 heavy (non-hydrogen) atoms. The number of aromatic amines is 1. The molecule has 1 saturated heterocycles. The Morgan fingerprint density at radius 3 is 2.76 bits per heavy atom. The van der Waals surface area contributed by atoms with Crippen molar-refractivity contribution in [3.05, 3.63) is 40.2 Å². The van der Waals surface area contributed by atoms with Crippen molar-refractivity contribution in [1.29, 1.82) is 0 Å². The first-order valence-electron chi connectivity index (χ1n) is 8.24. The van der Waals surface area contributed by atoms with Crippen molar-refractivity contribution in [1.82, 2.24) is 14.6 Å². The summed E-state index contributed by atoms with van der Waals surface area (Å²) < 4.78 is 28.0. The molecule has 1 fully saturated rings. The number of rotatable bonds is 5. The largest absolute Gasteiger partial charge is 0.341 e. The fourth-order valence-electron chi connectivity index (χ4n) is 3.19. The standard InChI is InChI=1S/C17H21N3O4S/c1-3-6-20-10-12(8-17(20)22)19-25(23,24)13-4-5-15-14(9-13)11(2)7-16(21)18-15/h4-5,7,9,12,19H,3,6,8,10H2,1-2H3,(H,18,21)/t12-/m0/s1. The average molecular weight is 363 g/mol. The molecule has 0 bridgehead atoms. The zero-order valence-electron chi connectivity index (χ0n) is 14.2. The molecular formula is C17H21N3O4S. The van der Waals surface area contributed by atoms with E-state index >= 15 is 0 Å². The summed E-state index contributed by atoms with van der Waals surface area (Å²) in [6, 6.07) is 5.60. The molecule has 0 aliphatic carbocycles. The number of fused-ring (bicyclic) bond motifs is 1. The van der Waals surface area contributed by atoms with Gasteiger partial charge in [-0.2, -0.15) is 0 Å². The minimum atomic E-state index is -3.74. The predicted molar refractivity (Wildman–Crippen MR) is 94.9 cm³/mol. The molecule has 1 aromatic carbocycles. The maximum Gasteiger partial charge on any atom is 0.248 e. The molecule has 1 aromatic heterocycles. The van der Waals surface area contributed by atoms with Crippen molar-refractivity contribution < 1.29 is 13.2 Å². The fourth-order valence-corrected chi connectivity index (χ4v) is 4.45. The molecule has 2 aromatic rings. The molecule has 7 nitrogen and oxygen atoms in total. The van der Waals surface area contributed by atoms with Crippen LogP contribution in [0.25, 0.3) is 10.9 Å². The first-order chi connectivity index (χ1) is 11.8. The predicted octanol–water partition coefficient (Wildman–Crippen LogP) is 1.13. The van der Waals surface area contributed by atoms with Gasteiger partial charge in [0, 0.05) is 42.5 Å². The van der Waals surface area contributed by atoms with Crippen LogP contribution in [0.15, 0.2) is 34.0 Å². The van der Waals surface area contributed by atoms with E-state index in [1.165, 1.54) is 12.1 Å². The molecule has 1 atom stereocenters. The third-order valence-corrected chi connectivity index (χ3v) is 5.88. The number of aromatic nitrogens is 1. The smallest absolute Gasteiger partial charge is 0.248 e. The van der Waals surface area contributed by atoms with Gasteiger partial charge in [-0.15, -0.1) is 0 Å². The van der Waals surface area contributed by atoms with E-state index in [1.807, 2.05) is 6.92 Å². The Bertz CT molecular complexity index is 981. The molecule has 1 amide bonds. The van der Waals surface area contributed by atoms with E-state index in [1.54, 1.807) is 24.0 Å². The van der Waals surface area contributed by atoms with Crippen molar-refractivity contribution in [3.63, 3.8) is 0 Å². The van der Waals surface area contributed by atoms with Crippen LogP contribution in [0.4, 0.5) is 0 Å². The highest BCUT2D eigenvalue weighted by Gasteiger charge is 2.32. The van der Waals surface area contributed by atoms with Crippen LogP contribution in [0.5, 0.6) is 0 Å². The lowest BCUT2D eigenvalue weighted by Crippen LogP contribution is -2.37. The molecule has 0 radical (unpaired) electrons. The number of amides is 1. The third kappa shape index (κ3) is 3.59. The van der Waals surface area contributed by atoms with E-state index in [4.69, 9.17) is 0 Å². The van der Waals surface area contributed by atoms with Crippen LogP contribution in [0, 0.1) is 6.92 Å². The molecule has 2 N–H and O–H groups in total. The normalized spacial score (nSPS) is 18.2. The SMILES string of the molecule is CCCN1C[C@@H](NS(=O)(=O)c2ccc3[nH]c(=O)cc(C)c3c2)CC1=O. The molecular weight excluding hydrogens is 342 g/mol. The monoisotopic (exact) mass is 363 g/mol. The van der Waals surface area contributed by atoms with Gasteiger partial charge in [0.25, 0.3) is 0 Å². The van der Waals surface area contributed by atoms with Crippen LogP contribution in [0.1, 0.15) is 25.3 Å². The van der Waals surface area contributed by atoms with Gasteiger partial charge in [-0.3, -0.25) is 9.59 Å². The van der Waals surface area contributed by atoms with Crippen molar-refractivity contribution in [2.24, 2.45) is 0 Å². The summed E-state index contributed by atoms with van der Waals surface area (Å²) in [4.78, 5) is 27.9. The molecule has 0 spiro atoms. The van der Waals surface area contributed by atoms with Crippen LogP contribution in [-0.2, 0) is 14.8 Å². The van der Waals surface area contributed by atoms with Gasteiger partial charge in [0.05, 0.1) is 4.90 Å². The first kappa shape index (κ1) is 17.6. The van der Waals surface area contributed by atoms with Gasteiger partial charge >= 0.3 is 0 Å². The summed E-state index contributed by atoms with van der Waals surface area (Å²) in [6.45, 7) is 4.78. The topological polar surface area (TPSA) is 99.3 Å². The molecule has 0 unspecified atom stereocenters. The molecule has 134 valence electrons. The van der Waals surface area contributed by atoms with Crippen LogP contribution < -0.4 is 10.3 Å². The average Bonchev–Trinajstić information content (AvgIpc) is 2.86. The second kappa shape index (κ2) is 6.61. The second-order valence-corrected chi connectivity index (χ2v) is 8.10. The maximum absolute atomic E-state index is 12.7. The van der Waals surface area contributed by atoms with Crippen LogP contribution in [-0.4, -0.2) is 43.3 Å². The molecule has 8 heteroatoms. The second-order valence-electron chi connectivity index (χ2n) is 6.39. The number of benzene rings is 1. The molecule has 3 rings (SSSR count). The Morgan fingerprint density at radius 2 is 2.04 bits per heavy atom. The number of carbonyl (C=O) groups excluding carboxylic acids is 1. The van der Waals surface area contributed by atoms with Gasteiger partial charge in [0.15, 0.2) is 0 Å². The Kier molecular flexibility index (Phi) is 4.66. The minimum absolute atomic E-state index is 0.0264. The summed E-state index contributed by atoms with van der Waals surface area (Å²) in [6.07, 6.45) is 1.02. The van der Waals surface area contributed by atoms with Crippen LogP contribution in [0.2, 0.25) is 0 Å². The van der Waals surface area contributed by atoms with Gasteiger partial charge in [-0.1, -0.05) is 6.92 Å². The van der Waals surface area contributed by atoms with Gasteiger partial charge in [-0.05, 0) is 37.1 Å². The lowest BCUT2D eigenvalue weighted by Gasteiger charge is -2.16. The van der Waals surface area contributed by atoms with E-state index in [0.29, 0.717) is 29.6 Å². The quantitative estimate of drug-likeness (QED) is 0.832. The number of hydrogen-bond donors (Lipinski definition) is 2. The van der Waals surface area contributed by atoms with E-state index < -0.39 is 16.1 Å². The Labute approximate surface area is 146 Å². The number of aryl methyl sites for hydroxylation is 1. The summed E-state index contributed by atoms with van der Waals surface area (Å²) in [5, 5.41) is 0.678. The number of nitrogens with one attached hydrogen (secondary N) is 2. The molecule has 2 heterocycles. The summed E-state index contributed by atoms with van der Waals surface area (Å²) in [5.41, 5.74) is 1.08. The van der Waals surface area contributed by atoms with Gasteiger partial charge in [0.2, 0.25) is 21.5 Å². The summed E-state index contributed by atoms with van der Waals surface area (Å²) in [7, 11) is -3.74. The number of likely N-dealkylation sites (tertiary alicyclic amines) is 1. The first-order valence-corrected chi connectivity index (χ1v) is 9.72. The number of nitrogens with zero attached hydrogens (tertiary/aromatic N) is 1. The van der Waals surface area contributed by atoms with Crippen LogP contribution >= 0.6 is 0 Å². The fraction of sp³-hybridized carbons (Fsp3) is 0.412. The zero-order chi connectivity index (χ0) is 18.2. The number of sulfonamides is 1. The maximum atomic E-state index is 12.7. The van der Waals surface area contributed by atoms with Crippen LogP contribution in [0.3, 0.4) is 0 Å².